The number of aryl methyl sites for hydroxylation is 2. The van der Waals surface area contributed by atoms with E-state index in [1.165, 1.54) is 4.88 Å². The molecule has 0 bridgehead atoms. The van der Waals surface area contributed by atoms with Crippen molar-refractivity contribution in [2.45, 2.75) is 66.0 Å². The summed E-state index contributed by atoms with van der Waals surface area (Å²) in [7, 11) is 0. The predicted molar refractivity (Wildman–Crippen MR) is 106 cm³/mol. The van der Waals surface area contributed by atoms with E-state index in [1.54, 1.807) is 31.3 Å². The highest BCUT2D eigenvalue weighted by molar-refractivity contribution is 7.10. The fourth-order valence-electron chi connectivity index (χ4n) is 2.94. The Morgan fingerprint density at radius 1 is 1.16 bits per heavy atom. The van der Waals surface area contributed by atoms with E-state index in [0.717, 1.165) is 42.4 Å². The summed E-state index contributed by atoms with van der Waals surface area (Å²) in [6, 6.07) is 5.54. The van der Waals surface area contributed by atoms with E-state index in [0.29, 0.717) is 11.3 Å². The van der Waals surface area contributed by atoms with Crippen molar-refractivity contribution in [3.63, 3.8) is 0 Å². The van der Waals surface area contributed by atoms with Gasteiger partial charge in [-0.1, -0.05) is 33.3 Å². The second kappa shape index (κ2) is 8.13. The molecule has 0 aliphatic carbocycles. The highest BCUT2D eigenvalue weighted by atomic mass is 32.1. The van der Waals surface area contributed by atoms with Crippen LogP contribution in [0.2, 0.25) is 0 Å². The number of hydrogen-bond donors (Lipinski definition) is 1. The van der Waals surface area contributed by atoms with Crippen LogP contribution < -0.4 is 5.32 Å². The van der Waals surface area contributed by atoms with Crippen molar-refractivity contribution in [2.75, 3.05) is 5.32 Å². The number of thiophene rings is 1. The van der Waals surface area contributed by atoms with Gasteiger partial charge in [-0.25, -0.2) is 4.39 Å². The zero-order chi connectivity index (χ0) is 18.6. The van der Waals surface area contributed by atoms with Crippen LogP contribution in [-0.2, 0) is 24.9 Å². The Balaban J connectivity index is 2.33. The van der Waals surface area contributed by atoms with Crippen LogP contribution >= 0.6 is 11.3 Å². The summed E-state index contributed by atoms with van der Waals surface area (Å²) in [5.41, 5.74) is 2.76. The van der Waals surface area contributed by atoms with E-state index in [1.807, 2.05) is 24.4 Å². The van der Waals surface area contributed by atoms with Gasteiger partial charge in [0.25, 0.3) is 5.91 Å². The molecular formula is C21H28FNOS. The Labute approximate surface area is 154 Å². The second-order valence-electron chi connectivity index (χ2n) is 6.85. The molecule has 0 unspecified atom stereocenters. The van der Waals surface area contributed by atoms with E-state index >= 15 is 0 Å². The zero-order valence-electron chi connectivity index (χ0n) is 15.8. The molecule has 4 heteroatoms. The lowest BCUT2D eigenvalue weighted by Crippen LogP contribution is -2.15. The van der Waals surface area contributed by atoms with Gasteiger partial charge in [0.05, 0.1) is 5.56 Å². The molecule has 0 radical (unpaired) electrons. The summed E-state index contributed by atoms with van der Waals surface area (Å²) in [6.45, 7) is 9.35. The molecular weight excluding hydrogens is 333 g/mol. The zero-order valence-corrected chi connectivity index (χ0v) is 16.6. The molecule has 1 amide bonds. The largest absolute Gasteiger partial charge is 0.322 e. The van der Waals surface area contributed by atoms with E-state index < -0.39 is 5.67 Å². The predicted octanol–water partition coefficient (Wildman–Crippen LogP) is 6.28. The Hall–Kier alpha value is -1.68. The number of benzene rings is 1. The average Bonchev–Trinajstić information content (AvgIpc) is 2.97. The molecule has 0 aliphatic heterocycles. The van der Waals surface area contributed by atoms with Gasteiger partial charge in [-0.3, -0.25) is 4.79 Å². The average molecular weight is 362 g/mol. The van der Waals surface area contributed by atoms with Crippen molar-refractivity contribution in [3.8, 4) is 0 Å². The summed E-state index contributed by atoms with van der Waals surface area (Å²) < 4.78 is 14.4. The Morgan fingerprint density at radius 2 is 1.88 bits per heavy atom. The maximum absolute atomic E-state index is 14.4. The number of anilines is 1. The lowest BCUT2D eigenvalue weighted by atomic mass is 9.96. The SMILES string of the molecule is CCCc1c(C(=O)Nc2cc(CC)cc(C(C)(C)F)c2)csc1CC. The number of carbonyl (C=O) groups excluding carboxylic acids is 1. The Morgan fingerprint density at radius 3 is 2.44 bits per heavy atom. The molecule has 25 heavy (non-hydrogen) atoms. The van der Waals surface area contributed by atoms with Crippen LogP contribution in [0.3, 0.4) is 0 Å². The molecule has 1 N–H and O–H groups in total. The van der Waals surface area contributed by atoms with Gasteiger partial charge < -0.3 is 5.32 Å². The van der Waals surface area contributed by atoms with Crippen LogP contribution in [-0.4, -0.2) is 5.91 Å². The second-order valence-corrected chi connectivity index (χ2v) is 7.82. The van der Waals surface area contributed by atoms with Crippen molar-refractivity contribution >= 4 is 22.9 Å². The van der Waals surface area contributed by atoms with Crippen LogP contribution in [0.15, 0.2) is 23.6 Å². The number of carbonyl (C=O) groups is 1. The maximum atomic E-state index is 14.4. The number of halogens is 1. The fraction of sp³-hybridized carbons (Fsp3) is 0.476. The smallest absolute Gasteiger partial charge is 0.256 e. The molecule has 2 nitrogen and oxygen atoms in total. The third-order valence-electron chi connectivity index (χ3n) is 4.39. The topological polar surface area (TPSA) is 29.1 Å². The van der Waals surface area contributed by atoms with Gasteiger partial charge >= 0.3 is 0 Å². The minimum Gasteiger partial charge on any atom is -0.322 e. The van der Waals surface area contributed by atoms with Gasteiger partial charge in [-0.05, 0) is 61.9 Å². The molecule has 0 saturated carbocycles. The van der Waals surface area contributed by atoms with E-state index in [2.05, 4.69) is 19.2 Å². The summed E-state index contributed by atoms with van der Waals surface area (Å²) in [4.78, 5) is 14.1. The molecule has 0 aliphatic rings. The molecule has 136 valence electrons. The van der Waals surface area contributed by atoms with Crippen molar-refractivity contribution in [1.82, 2.24) is 0 Å². The minimum atomic E-state index is -1.43. The molecule has 1 aromatic carbocycles. The van der Waals surface area contributed by atoms with Crippen LogP contribution in [0, 0.1) is 0 Å². The first kappa shape index (κ1) is 19.6. The van der Waals surface area contributed by atoms with Gasteiger partial charge in [-0.15, -0.1) is 11.3 Å². The number of nitrogens with one attached hydrogen (secondary N) is 1. The number of amides is 1. The maximum Gasteiger partial charge on any atom is 0.256 e. The molecule has 0 spiro atoms. The fourth-order valence-corrected chi connectivity index (χ4v) is 3.97. The van der Waals surface area contributed by atoms with Crippen LogP contribution in [0.25, 0.3) is 0 Å². The number of hydrogen-bond acceptors (Lipinski definition) is 2. The standard InChI is InChI=1S/C21H28FNOS/c1-6-9-17-18(13-25-19(17)8-3)20(24)23-16-11-14(7-2)10-15(12-16)21(4,5)22/h10-13H,6-9H2,1-5H3,(H,23,24). The van der Waals surface area contributed by atoms with Crippen molar-refractivity contribution in [1.29, 1.82) is 0 Å². The summed E-state index contributed by atoms with van der Waals surface area (Å²) in [5, 5.41) is 4.93. The van der Waals surface area contributed by atoms with Crippen LogP contribution in [0.4, 0.5) is 10.1 Å². The highest BCUT2D eigenvalue weighted by Crippen LogP contribution is 2.30. The van der Waals surface area contributed by atoms with Crippen molar-refractivity contribution in [2.24, 2.45) is 0 Å². The van der Waals surface area contributed by atoms with Gasteiger partial charge in [-0.2, -0.15) is 0 Å². The lowest BCUT2D eigenvalue weighted by Gasteiger charge is -2.18. The van der Waals surface area contributed by atoms with E-state index in [4.69, 9.17) is 0 Å². The number of alkyl halides is 1. The quantitative estimate of drug-likeness (QED) is 0.617. The minimum absolute atomic E-state index is 0.102. The molecule has 2 aromatic rings. The molecule has 0 atom stereocenters. The molecule has 1 aromatic heterocycles. The first-order chi connectivity index (χ1) is 11.8. The molecule has 0 fully saturated rings. The highest BCUT2D eigenvalue weighted by Gasteiger charge is 2.21. The summed E-state index contributed by atoms with van der Waals surface area (Å²) >= 11 is 1.65. The summed E-state index contributed by atoms with van der Waals surface area (Å²) in [6.07, 6.45) is 3.66. The summed E-state index contributed by atoms with van der Waals surface area (Å²) in [5.74, 6) is -0.102. The Bertz CT molecular complexity index is 743. The molecule has 2 rings (SSSR count). The first-order valence-electron chi connectivity index (χ1n) is 9.04. The third kappa shape index (κ3) is 4.69. The van der Waals surface area contributed by atoms with E-state index in [-0.39, 0.29) is 5.91 Å². The lowest BCUT2D eigenvalue weighted by molar-refractivity contribution is 0.102. The van der Waals surface area contributed by atoms with Gasteiger partial charge in [0.1, 0.15) is 5.67 Å². The monoisotopic (exact) mass is 361 g/mol. The number of rotatable bonds is 7. The van der Waals surface area contributed by atoms with Gasteiger partial charge in [0.2, 0.25) is 0 Å². The van der Waals surface area contributed by atoms with E-state index in [9.17, 15) is 9.18 Å². The Kier molecular flexibility index (Phi) is 6.39. The molecule has 1 heterocycles. The first-order valence-corrected chi connectivity index (χ1v) is 9.92. The van der Waals surface area contributed by atoms with Crippen LogP contribution in [0.1, 0.15) is 73.0 Å². The normalized spacial score (nSPS) is 11.6. The van der Waals surface area contributed by atoms with Crippen LogP contribution in [0.5, 0.6) is 0 Å². The molecule has 0 saturated heterocycles. The third-order valence-corrected chi connectivity index (χ3v) is 5.57. The van der Waals surface area contributed by atoms with Gasteiger partial charge in [0.15, 0.2) is 0 Å². The van der Waals surface area contributed by atoms with Crippen molar-refractivity contribution < 1.29 is 9.18 Å². The van der Waals surface area contributed by atoms with Crippen molar-refractivity contribution in [3.05, 3.63) is 50.7 Å². The van der Waals surface area contributed by atoms with Gasteiger partial charge in [0, 0.05) is 15.9 Å².